The van der Waals surface area contributed by atoms with Crippen LogP contribution in [-0.4, -0.2) is 11.7 Å². The quantitative estimate of drug-likeness (QED) is 0.620. The summed E-state index contributed by atoms with van der Waals surface area (Å²) in [6.07, 6.45) is 2.31. The molecule has 0 unspecified atom stereocenters. The van der Waals surface area contributed by atoms with E-state index in [1.165, 1.54) is 23.1 Å². The third-order valence-corrected chi connectivity index (χ3v) is 3.65. The van der Waals surface area contributed by atoms with E-state index in [9.17, 15) is 0 Å². The molecule has 0 radical (unpaired) electrons. The second-order valence-electron chi connectivity index (χ2n) is 4.99. The Balaban J connectivity index is 1.99. The first-order valence-corrected chi connectivity index (χ1v) is 7.87. The fraction of sp³-hybridized carbons (Fsp3) is 0.278. The number of thiocarbonyl (C=S) groups is 1. The molecule has 21 heavy (non-hydrogen) atoms. The van der Waals surface area contributed by atoms with Crippen molar-refractivity contribution in [1.82, 2.24) is 10.6 Å². The lowest BCUT2D eigenvalue weighted by Crippen LogP contribution is -2.35. The highest BCUT2D eigenvalue weighted by Gasteiger charge is 2.04. The molecule has 0 saturated heterocycles. The fourth-order valence-corrected chi connectivity index (χ4v) is 2.36. The van der Waals surface area contributed by atoms with Crippen molar-refractivity contribution in [3.05, 3.63) is 60.2 Å². The highest BCUT2D eigenvalue weighted by Crippen LogP contribution is 2.23. The predicted octanol–water partition coefficient (Wildman–Crippen LogP) is 4.12. The lowest BCUT2D eigenvalue weighted by atomic mass is 10.00. The van der Waals surface area contributed by atoms with Crippen molar-refractivity contribution in [3.8, 4) is 11.1 Å². The molecule has 2 N–H and O–H groups in total. The number of nitrogens with one attached hydrogen (secondary N) is 2. The van der Waals surface area contributed by atoms with Crippen LogP contribution in [0, 0.1) is 0 Å². The standard InChI is InChI=1S/C18H22N2S/c1-2-3-13-19-18(21)20-14-16-11-7-8-12-17(16)15-9-5-4-6-10-15/h4-12H,2-3,13-14H2,1H3,(H2,19,20,21). The largest absolute Gasteiger partial charge is 0.363 e. The first-order valence-electron chi connectivity index (χ1n) is 7.46. The van der Waals surface area contributed by atoms with Crippen LogP contribution in [0.1, 0.15) is 25.3 Å². The Bertz CT molecular complexity index is 566. The molecule has 110 valence electrons. The summed E-state index contributed by atoms with van der Waals surface area (Å²) in [6.45, 7) is 3.85. The molecule has 0 fully saturated rings. The maximum Gasteiger partial charge on any atom is 0.166 e. The maximum atomic E-state index is 5.30. The van der Waals surface area contributed by atoms with E-state index in [0.717, 1.165) is 24.6 Å². The lowest BCUT2D eigenvalue weighted by molar-refractivity contribution is 0.739. The van der Waals surface area contributed by atoms with Crippen molar-refractivity contribution >= 4 is 17.3 Å². The zero-order valence-corrected chi connectivity index (χ0v) is 13.2. The number of benzene rings is 2. The minimum absolute atomic E-state index is 0.728. The van der Waals surface area contributed by atoms with Crippen LogP contribution in [0.25, 0.3) is 11.1 Å². The molecule has 0 spiro atoms. The minimum Gasteiger partial charge on any atom is -0.363 e. The molecule has 0 amide bonds. The Labute approximate surface area is 132 Å². The Morgan fingerprint density at radius 2 is 1.67 bits per heavy atom. The summed E-state index contributed by atoms with van der Waals surface area (Å²) < 4.78 is 0. The van der Waals surface area contributed by atoms with E-state index in [4.69, 9.17) is 12.2 Å². The van der Waals surface area contributed by atoms with Crippen LogP contribution < -0.4 is 10.6 Å². The van der Waals surface area contributed by atoms with Gasteiger partial charge in [0.05, 0.1) is 0 Å². The van der Waals surface area contributed by atoms with Crippen LogP contribution in [0.4, 0.5) is 0 Å². The summed E-state index contributed by atoms with van der Waals surface area (Å²) in [5.41, 5.74) is 3.74. The molecule has 0 aliphatic carbocycles. The Hall–Kier alpha value is -1.87. The predicted molar refractivity (Wildman–Crippen MR) is 94.2 cm³/mol. The van der Waals surface area contributed by atoms with E-state index in [2.05, 4.69) is 66.1 Å². The van der Waals surface area contributed by atoms with Gasteiger partial charge in [0.25, 0.3) is 0 Å². The normalized spacial score (nSPS) is 10.1. The average Bonchev–Trinajstić information content (AvgIpc) is 2.54. The van der Waals surface area contributed by atoms with E-state index in [1.54, 1.807) is 0 Å². The molecule has 0 heterocycles. The monoisotopic (exact) mass is 298 g/mol. The second-order valence-corrected chi connectivity index (χ2v) is 5.39. The molecule has 0 aliphatic heterocycles. The van der Waals surface area contributed by atoms with Gasteiger partial charge in [0.2, 0.25) is 0 Å². The summed E-state index contributed by atoms with van der Waals surface area (Å²) in [5.74, 6) is 0. The summed E-state index contributed by atoms with van der Waals surface area (Å²) >= 11 is 5.30. The minimum atomic E-state index is 0.728. The van der Waals surface area contributed by atoms with Gasteiger partial charge in [-0.05, 0) is 35.3 Å². The lowest BCUT2D eigenvalue weighted by Gasteiger charge is -2.13. The molecule has 0 saturated carbocycles. The van der Waals surface area contributed by atoms with Crippen LogP contribution in [0.3, 0.4) is 0 Å². The smallest absolute Gasteiger partial charge is 0.166 e. The molecule has 2 nitrogen and oxygen atoms in total. The van der Waals surface area contributed by atoms with Gasteiger partial charge in [0, 0.05) is 13.1 Å². The average molecular weight is 298 g/mol. The number of rotatable bonds is 6. The molecule has 0 aliphatic rings. The van der Waals surface area contributed by atoms with Crippen LogP contribution in [0.15, 0.2) is 54.6 Å². The fourth-order valence-electron chi connectivity index (χ4n) is 2.19. The van der Waals surface area contributed by atoms with Crippen molar-refractivity contribution in [1.29, 1.82) is 0 Å². The Kier molecular flexibility index (Phi) is 6.22. The van der Waals surface area contributed by atoms with Gasteiger partial charge < -0.3 is 10.6 Å². The summed E-state index contributed by atoms with van der Waals surface area (Å²) in [7, 11) is 0. The SMILES string of the molecule is CCCCNC(=S)NCc1ccccc1-c1ccccc1. The second kappa shape index (κ2) is 8.42. The van der Waals surface area contributed by atoms with Gasteiger partial charge >= 0.3 is 0 Å². The highest BCUT2D eigenvalue weighted by atomic mass is 32.1. The molecular formula is C18H22N2S. The van der Waals surface area contributed by atoms with Crippen LogP contribution in [0.2, 0.25) is 0 Å². The van der Waals surface area contributed by atoms with Gasteiger partial charge in [0.1, 0.15) is 0 Å². The van der Waals surface area contributed by atoms with Gasteiger partial charge in [-0.3, -0.25) is 0 Å². The van der Waals surface area contributed by atoms with Crippen molar-refractivity contribution in [2.45, 2.75) is 26.3 Å². The van der Waals surface area contributed by atoms with Crippen LogP contribution in [0.5, 0.6) is 0 Å². The van der Waals surface area contributed by atoms with Gasteiger partial charge in [-0.15, -0.1) is 0 Å². The molecule has 3 heteroatoms. The molecule has 0 bridgehead atoms. The van der Waals surface area contributed by atoms with E-state index < -0.39 is 0 Å². The first-order chi connectivity index (χ1) is 10.3. The Morgan fingerprint density at radius 1 is 0.952 bits per heavy atom. The van der Waals surface area contributed by atoms with E-state index in [1.807, 2.05) is 6.07 Å². The van der Waals surface area contributed by atoms with Crippen molar-refractivity contribution in [3.63, 3.8) is 0 Å². The molecule has 2 aromatic rings. The highest BCUT2D eigenvalue weighted by molar-refractivity contribution is 7.80. The number of hydrogen-bond donors (Lipinski definition) is 2. The third kappa shape index (κ3) is 4.87. The van der Waals surface area contributed by atoms with Gasteiger partial charge in [0.15, 0.2) is 5.11 Å². The van der Waals surface area contributed by atoms with E-state index >= 15 is 0 Å². The zero-order chi connectivity index (χ0) is 14.9. The molecule has 0 atom stereocenters. The maximum absolute atomic E-state index is 5.30. The van der Waals surface area contributed by atoms with Crippen LogP contribution >= 0.6 is 12.2 Å². The topological polar surface area (TPSA) is 24.1 Å². The van der Waals surface area contributed by atoms with Crippen molar-refractivity contribution < 1.29 is 0 Å². The summed E-state index contributed by atoms with van der Waals surface area (Å²) in [4.78, 5) is 0. The molecule has 0 aromatic heterocycles. The zero-order valence-electron chi connectivity index (χ0n) is 12.4. The number of hydrogen-bond acceptors (Lipinski definition) is 1. The van der Waals surface area contributed by atoms with Gasteiger partial charge in [-0.2, -0.15) is 0 Å². The third-order valence-electron chi connectivity index (χ3n) is 3.36. The summed E-state index contributed by atoms with van der Waals surface area (Å²) in [5, 5.41) is 7.25. The number of unbranched alkanes of at least 4 members (excludes halogenated alkanes) is 1. The molecule has 2 aromatic carbocycles. The van der Waals surface area contributed by atoms with Crippen LogP contribution in [-0.2, 0) is 6.54 Å². The van der Waals surface area contributed by atoms with Gasteiger partial charge in [-0.1, -0.05) is 67.9 Å². The van der Waals surface area contributed by atoms with E-state index in [-0.39, 0.29) is 0 Å². The van der Waals surface area contributed by atoms with E-state index in [0.29, 0.717) is 0 Å². The molecular weight excluding hydrogens is 276 g/mol. The van der Waals surface area contributed by atoms with Gasteiger partial charge in [-0.25, -0.2) is 0 Å². The summed E-state index contributed by atoms with van der Waals surface area (Å²) in [6, 6.07) is 18.9. The Morgan fingerprint density at radius 3 is 2.43 bits per heavy atom. The first kappa shape index (κ1) is 15.5. The van der Waals surface area contributed by atoms with Crippen molar-refractivity contribution in [2.75, 3.05) is 6.54 Å². The molecule has 2 rings (SSSR count). The van der Waals surface area contributed by atoms with Crippen molar-refractivity contribution in [2.24, 2.45) is 0 Å².